The molecule has 212 valence electrons. The molecule has 1 aliphatic rings. The molecule has 36 heavy (non-hydrogen) atoms. The first-order chi connectivity index (χ1) is 17.7. The summed E-state index contributed by atoms with van der Waals surface area (Å²) in [5.41, 5.74) is 1.21. The lowest BCUT2D eigenvalue weighted by Crippen LogP contribution is -2.45. The van der Waals surface area contributed by atoms with Crippen molar-refractivity contribution in [3.05, 3.63) is 35.9 Å². The van der Waals surface area contributed by atoms with Crippen molar-refractivity contribution in [1.29, 1.82) is 0 Å². The molecule has 2 amide bonds. The van der Waals surface area contributed by atoms with Crippen molar-refractivity contribution in [1.82, 2.24) is 10.2 Å². The van der Waals surface area contributed by atoms with E-state index in [0.717, 1.165) is 45.8 Å². The zero-order valence-corrected chi connectivity index (χ0v) is 24.9. The number of carbonyl (C=O) groups excluding carboxylic acids is 2. The van der Waals surface area contributed by atoms with Gasteiger partial charge in [0, 0.05) is 33.7 Å². The number of aliphatic hydroxyl groups is 1. The molecule has 1 aliphatic heterocycles. The van der Waals surface area contributed by atoms with E-state index in [1.54, 1.807) is 7.11 Å². The Hall–Kier alpha value is -1.92. The van der Waals surface area contributed by atoms with Crippen LogP contribution in [0.1, 0.15) is 105 Å². The second-order valence-corrected chi connectivity index (χ2v) is 7.67. The van der Waals surface area contributed by atoms with Gasteiger partial charge >= 0.3 is 0 Å². The van der Waals surface area contributed by atoms with Crippen molar-refractivity contribution >= 4 is 11.8 Å². The van der Waals surface area contributed by atoms with Crippen LogP contribution in [0.5, 0.6) is 0 Å². The minimum Gasteiger partial charge on any atom is -0.400 e. The van der Waals surface area contributed by atoms with Crippen LogP contribution in [0.2, 0.25) is 0 Å². The summed E-state index contributed by atoms with van der Waals surface area (Å²) in [5, 5.41) is 9.99. The van der Waals surface area contributed by atoms with Gasteiger partial charge in [0.15, 0.2) is 0 Å². The molecular weight excluding hydrogens is 452 g/mol. The van der Waals surface area contributed by atoms with Gasteiger partial charge < -0.3 is 20.1 Å². The van der Waals surface area contributed by atoms with Gasteiger partial charge in [0.05, 0.1) is 18.6 Å². The van der Waals surface area contributed by atoms with Crippen molar-refractivity contribution in [3.8, 4) is 0 Å². The number of nitrogens with zero attached hydrogens (tertiary/aromatic N) is 1. The zero-order chi connectivity index (χ0) is 28.2. The highest BCUT2D eigenvalue weighted by Gasteiger charge is 2.35. The molecule has 1 saturated heterocycles. The van der Waals surface area contributed by atoms with Crippen LogP contribution >= 0.6 is 0 Å². The molecule has 0 saturated carbocycles. The second-order valence-electron chi connectivity index (χ2n) is 7.67. The second kappa shape index (κ2) is 29.3. The minimum absolute atomic E-state index is 0.00924. The van der Waals surface area contributed by atoms with Crippen LogP contribution in [0.3, 0.4) is 0 Å². The third-order valence-corrected chi connectivity index (χ3v) is 5.56. The number of carbonyl (C=O) groups is 2. The Labute approximate surface area is 223 Å². The summed E-state index contributed by atoms with van der Waals surface area (Å²) >= 11 is 0. The summed E-state index contributed by atoms with van der Waals surface area (Å²) in [4.78, 5) is 27.0. The number of rotatable bonds is 12. The van der Waals surface area contributed by atoms with Crippen LogP contribution in [0.4, 0.5) is 0 Å². The molecule has 1 heterocycles. The predicted octanol–water partition coefficient (Wildman–Crippen LogP) is 6.40. The highest BCUT2D eigenvalue weighted by atomic mass is 16.5. The van der Waals surface area contributed by atoms with E-state index in [2.05, 4.69) is 24.4 Å². The predicted molar refractivity (Wildman–Crippen MR) is 154 cm³/mol. The first-order valence-electron chi connectivity index (χ1n) is 14.2. The molecule has 0 bridgehead atoms. The Bertz CT molecular complexity index is 596. The van der Waals surface area contributed by atoms with Gasteiger partial charge in [-0.3, -0.25) is 9.59 Å². The van der Waals surface area contributed by atoms with Crippen molar-refractivity contribution in [2.24, 2.45) is 0 Å². The summed E-state index contributed by atoms with van der Waals surface area (Å²) in [7, 11) is 2.64. The molecule has 0 spiro atoms. The van der Waals surface area contributed by atoms with Gasteiger partial charge in [0.2, 0.25) is 11.8 Å². The molecule has 0 aromatic heterocycles. The Morgan fingerprint density at radius 3 is 2.19 bits per heavy atom. The zero-order valence-electron chi connectivity index (χ0n) is 24.9. The molecule has 6 nitrogen and oxygen atoms in total. The number of hydrogen-bond donors (Lipinski definition) is 2. The van der Waals surface area contributed by atoms with Crippen molar-refractivity contribution in [3.63, 3.8) is 0 Å². The molecule has 1 aromatic rings. The molecule has 2 atom stereocenters. The Balaban J connectivity index is -0.00000124. The fourth-order valence-corrected chi connectivity index (χ4v) is 3.96. The summed E-state index contributed by atoms with van der Waals surface area (Å²) in [6.07, 6.45) is 7.80. The Morgan fingerprint density at radius 1 is 1.03 bits per heavy atom. The van der Waals surface area contributed by atoms with E-state index in [0.29, 0.717) is 19.4 Å². The van der Waals surface area contributed by atoms with E-state index in [1.165, 1.54) is 18.4 Å². The third-order valence-electron chi connectivity index (χ3n) is 5.56. The Morgan fingerprint density at radius 2 is 1.64 bits per heavy atom. The number of methoxy groups -OCH3 is 1. The van der Waals surface area contributed by atoms with Crippen LogP contribution in [-0.4, -0.2) is 61.3 Å². The maximum atomic E-state index is 12.6. The smallest absolute Gasteiger partial charge is 0.222 e. The van der Waals surface area contributed by atoms with E-state index in [4.69, 9.17) is 9.84 Å². The lowest BCUT2D eigenvalue weighted by atomic mass is 10.0. The van der Waals surface area contributed by atoms with Gasteiger partial charge in [0.1, 0.15) is 0 Å². The van der Waals surface area contributed by atoms with Gasteiger partial charge in [-0.2, -0.15) is 0 Å². The fourth-order valence-electron chi connectivity index (χ4n) is 3.96. The van der Waals surface area contributed by atoms with E-state index in [9.17, 15) is 9.59 Å². The maximum absolute atomic E-state index is 12.6. The van der Waals surface area contributed by atoms with E-state index in [-0.39, 0.29) is 24.0 Å². The minimum atomic E-state index is -0.237. The average Bonchev–Trinajstić information content (AvgIpc) is 3.45. The van der Waals surface area contributed by atoms with E-state index >= 15 is 0 Å². The fraction of sp³-hybridized carbons (Fsp3) is 0.733. The quantitative estimate of drug-likeness (QED) is 0.319. The molecule has 2 rings (SSSR count). The Kier molecular flexibility index (Phi) is 31.4. The van der Waals surface area contributed by atoms with Crippen LogP contribution in [0.25, 0.3) is 0 Å². The SMILES string of the molecule is CC.CC.CC.CCCCCCC(=O)N1CCCC1C(CC(=O)NCCc1ccccc1)OC.CO. The third kappa shape index (κ3) is 17.5. The number of likely N-dealkylation sites (tertiary alicyclic amines) is 1. The van der Waals surface area contributed by atoms with Crippen molar-refractivity contribution < 1.29 is 19.4 Å². The van der Waals surface area contributed by atoms with Crippen molar-refractivity contribution in [2.45, 2.75) is 118 Å². The number of benzene rings is 1. The molecule has 6 heteroatoms. The first-order valence-corrected chi connectivity index (χ1v) is 14.2. The molecule has 0 radical (unpaired) electrons. The van der Waals surface area contributed by atoms with Gasteiger partial charge in [-0.15, -0.1) is 0 Å². The molecule has 1 fully saturated rings. The molecule has 1 aromatic carbocycles. The molecule has 0 aliphatic carbocycles. The lowest BCUT2D eigenvalue weighted by molar-refractivity contribution is -0.136. The highest BCUT2D eigenvalue weighted by Crippen LogP contribution is 2.25. The monoisotopic (exact) mass is 510 g/mol. The standard InChI is InChI=1S/C23H36N2O3.3C2H6.CH4O/c1-3-4-5-9-14-23(27)25-17-10-13-20(25)21(28-2)18-22(26)24-16-15-19-11-7-6-8-12-19;4*1-2/h6-8,11-12,20-21H,3-5,9-10,13-18H2,1-2H3,(H,24,26);3*1-2H3;2H,1H3. The average molecular weight is 511 g/mol. The summed E-state index contributed by atoms with van der Waals surface area (Å²) in [6.45, 7) is 15.6. The summed E-state index contributed by atoms with van der Waals surface area (Å²) in [6, 6.07) is 10.1. The van der Waals surface area contributed by atoms with Crippen LogP contribution in [0, 0.1) is 0 Å². The van der Waals surface area contributed by atoms with Crippen molar-refractivity contribution in [2.75, 3.05) is 27.3 Å². The van der Waals surface area contributed by atoms with Gasteiger partial charge in [-0.25, -0.2) is 0 Å². The number of amides is 2. The van der Waals surface area contributed by atoms with Crippen LogP contribution in [0.15, 0.2) is 30.3 Å². The number of ether oxygens (including phenoxy) is 1. The normalized spacial score (nSPS) is 14.3. The number of hydrogen-bond acceptors (Lipinski definition) is 4. The van der Waals surface area contributed by atoms with Gasteiger partial charge in [0.25, 0.3) is 0 Å². The van der Waals surface area contributed by atoms with Crippen LogP contribution in [-0.2, 0) is 20.7 Å². The highest BCUT2D eigenvalue weighted by molar-refractivity contribution is 5.78. The topological polar surface area (TPSA) is 78.9 Å². The van der Waals surface area contributed by atoms with Gasteiger partial charge in [-0.05, 0) is 31.2 Å². The molecular formula is C30H58N2O4. The maximum Gasteiger partial charge on any atom is 0.222 e. The van der Waals surface area contributed by atoms with Crippen LogP contribution < -0.4 is 5.32 Å². The number of unbranched alkanes of at least 4 members (excludes halogenated alkanes) is 3. The molecule has 2 unspecified atom stereocenters. The largest absolute Gasteiger partial charge is 0.400 e. The lowest BCUT2D eigenvalue weighted by Gasteiger charge is -2.30. The first kappa shape index (κ1) is 38.6. The number of aliphatic hydroxyl groups excluding tert-OH is 1. The summed E-state index contributed by atoms with van der Waals surface area (Å²) < 4.78 is 5.64. The van der Waals surface area contributed by atoms with E-state index < -0.39 is 0 Å². The molecule has 2 N–H and O–H groups in total. The van der Waals surface area contributed by atoms with Gasteiger partial charge in [-0.1, -0.05) is 98.1 Å². The summed E-state index contributed by atoms with van der Waals surface area (Å²) in [5.74, 6) is 0.204. The van der Waals surface area contributed by atoms with E-state index in [1.807, 2.05) is 64.6 Å². The number of nitrogens with one attached hydrogen (secondary N) is 1.